The van der Waals surface area contributed by atoms with E-state index in [0.717, 1.165) is 11.1 Å². The van der Waals surface area contributed by atoms with Gasteiger partial charge in [0.1, 0.15) is 5.82 Å². The van der Waals surface area contributed by atoms with E-state index < -0.39 is 6.04 Å². The molecule has 0 aliphatic rings. The van der Waals surface area contributed by atoms with Crippen LogP contribution in [0.2, 0.25) is 0 Å². The van der Waals surface area contributed by atoms with Gasteiger partial charge in [0, 0.05) is 0 Å². The van der Waals surface area contributed by atoms with Gasteiger partial charge in [-0.05, 0) is 30.2 Å². The maximum Gasteiger partial charge on any atom is 0.123 e. The van der Waals surface area contributed by atoms with Crippen LogP contribution in [-0.2, 0) is 0 Å². The van der Waals surface area contributed by atoms with E-state index in [-0.39, 0.29) is 12.4 Å². The fourth-order valence-electron chi connectivity index (χ4n) is 1.15. The summed E-state index contributed by atoms with van der Waals surface area (Å²) in [4.78, 5) is 0. The van der Waals surface area contributed by atoms with Gasteiger partial charge in [0.2, 0.25) is 0 Å². The molecule has 0 saturated carbocycles. The smallest absolute Gasteiger partial charge is 0.123 e. The van der Waals surface area contributed by atoms with Gasteiger partial charge in [-0.3, -0.25) is 0 Å². The molecule has 1 aromatic rings. The maximum atomic E-state index is 12.6. The molecular weight excluding hydrogens is 157 g/mol. The Labute approximate surface area is 70.8 Å². The molecule has 1 rings (SSSR count). The van der Waals surface area contributed by atoms with Crippen LogP contribution in [0.4, 0.5) is 4.39 Å². The van der Waals surface area contributed by atoms with Gasteiger partial charge in [-0.2, -0.15) is 0 Å². The average molecular weight is 169 g/mol. The minimum absolute atomic E-state index is 0.119. The molecule has 0 saturated heterocycles. The molecule has 0 bridgehead atoms. The third-order valence-corrected chi connectivity index (χ3v) is 1.83. The van der Waals surface area contributed by atoms with Crippen LogP contribution in [0.5, 0.6) is 0 Å². The SMILES string of the molecule is Cc1cc(F)ccc1C(N)CO. The molecule has 0 amide bonds. The number of nitrogens with two attached hydrogens (primary N) is 1. The summed E-state index contributed by atoms with van der Waals surface area (Å²) < 4.78 is 12.6. The molecule has 0 radical (unpaired) electrons. The molecule has 66 valence electrons. The largest absolute Gasteiger partial charge is 0.394 e. The lowest BCUT2D eigenvalue weighted by atomic mass is 10.0. The molecule has 3 N–H and O–H groups in total. The molecule has 0 heterocycles. The zero-order valence-electron chi connectivity index (χ0n) is 6.92. The summed E-state index contributed by atoms with van der Waals surface area (Å²) >= 11 is 0. The highest BCUT2D eigenvalue weighted by atomic mass is 19.1. The van der Waals surface area contributed by atoms with Gasteiger partial charge in [0.25, 0.3) is 0 Å². The van der Waals surface area contributed by atoms with Gasteiger partial charge in [0.15, 0.2) is 0 Å². The van der Waals surface area contributed by atoms with Crippen LogP contribution >= 0.6 is 0 Å². The summed E-state index contributed by atoms with van der Waals surface area (Å²) in [6.07, 6.45) is 0. The van der Waals surface area contributed by atoms with Crippen molar-refractivity contribution < 1.29 is 9.50 Å². The fourth-order valence-corrected chi connectivity index (χ4v) is 1.15. The Morgan fingerprint density at radius 3 is 2.75 bits per heavy atom. The Balaban J connectivity index is 3.01. The highest BCUT2D eigenvalue weighted by molar-refractivity contribution is 5.29. The van der Waals surface area contributed by atoms with Gasteiger partial charge < -0.3 is 10.8 Å². The van der Waals surface area contributed by atoms with Gasteiger partial charge in [-0.25, -0.2) is 4.39 Å². The first-order chi connectivity index (χ1) is 5.65. The summed E-state index contributed by atoms with van der Waals surface area (Å²) in [7, 11) is 0. The number of benzene rings is 1. The second-order valence-electron chi connectivity index (χ2n) is 2.79. The van der Waals surface area contributed by atoms with Crippen molar-refractivity contribution in [1.29, 1.82) is 0 Å². The molecule has 1 aromatic carbocycles. The summed E-state index contributed by atoms with van der Waals surface area (Å²) in [6, 6.07) is 3.94. The number of hydrogen-bond donors (Lipinski definition) is 2. The number of hydrogen-bond acceptors (Lipinski definition) is 2. The first-order valence-electron chi connectivity index (χ1n) is 3.77. The fraction of sp³-hybridized carbons (Fsp3) is 0.333. The quantitative estimate of drug-likeness (QED) is 0.697. The van der Waals surface area contributed by atoms with Crippen molar-refractivity contribution >= 4 is 0 Å². The number of aryl methyl sites for hydroxylation is 1. The molecule has 1 unspecified atom stereocenters. The number of halogens is 1. The normalized spacial score (nSPS) is 13.0. The van der Waals surface area contributed by atoms with Crippen molar-refractivity contribution in [2.45, 2.75) is 13.0 Å². The Kier molecular flexibility index (Phi) is 2.78. The minimum atomic E-state index is -0.411. The number of aliphatic hydroxyl groups is 1. The van der Waals surface area contributed by atoms with E-state index in [9.17, 15) is 4.39 Å². The van der Waals surface area contributed by atoms with E-state index in [2.05, 4.69) is 0 Å². The number of rotatable bonds is 2. The zero-order chi connectivity index (χ0) is 9.14. The van der Waals surface area contributed by atoms with E-state index in [1.165, 1.54) is 12.1 Å². The van der Waals surface area contributed by atoms with Crippen LogP contribution < -0.4 is 5.73 Å². The van der Waals surface area contributed by atoms with Crippen molar-refractivity contribution in [2.24, 2.45) is 5.73 Å². The van der Waals surface area contributed by atoms with Gasteiger partial charge >= 0.3 is 0 Å². The predicted octanol–water partition coefficient (Wildman–Crippen LogP) is 1.13. The Bertz CT molecular complexity index is 275. The summed E-state index contributed by atoms with van der Waals surface area (Å²) in [5.74, 6) is -0.276. The molecule has 12 heavy (non-hydrogen) atoms. The van der Waals surface area contributed by atoms with Crippen LogP contribution in [0.1, 0.15) is 17.2 Å². The van der Waals surface area contributed by atoms with Crippen LogP contribution in [0.3, 0.4) is 0 Å². The van der Waals surface area contributed by atoms with E-state index in [0.29, 0.717) is 0 Å². The molecule has 0 aromatic heterocycles. The standard InChI is InChI=1S/C9H12FNO/c1-6-4-7(10)2-3-8(6)9(11)5-12/h2-4,9,12H,5,11H2,1H3. The third-order valence-electron chi connectivity index (χ3n) is 1.83. The molecule has 2 nitrogen and oxygen atoms in total. The maximum absolute atomic E-state index is 12.6. The lowest BCUT2D eigenvalue weighted by molar-refractivity contribution is 0.267. The Morgan fingerprint density at radius 1 is 1.58 bits per heavy atom. The van der Waals surface area contributed by atoms with E-state index in [1.54, 1.807) is 13.0 Å². The lowest BCUT2D eigenvalue weighted by Crippen LogP contribution is -2.15. The van der Waals surface area contributed by atoms with Gasteiger partial charge in [-0.15, -0.1) is 0 Å². The minimum Gasteiger partial charge on any atom is -0.394 e. The van der Waals surface area contributed by atoms with Gasteiger partial charge in [-0.1, -0.05) is 6.07 Å². The molecule has 3 heteroatoms. The van der Waals surface area contributed by atoms with Gasteiger partial charge in [0.05, 0.1) is 12.6 Å². The molecular formula is C9H12FNO. The summed E-state index contributed by atoms with van der Waals surface area (Å²) in [6.45, 7) is 1.65. The second-order valence-corrected chi connectivity index (χ2v) is 2.79. The first-order valence-corrected chi connectivity index (χ1v) is 3.77. The Morgan fingerprint density at radius 2 is 2.25 bits per heavy atom. The highest BCUT2D eigenvalue weighted by Gasteiger charge is 2.07. The topological polar surface area (TPSA) is 46.2 Å². The highest BCUT2D eigenvalue weighted by Crippen LogP contribution is 2.15. The second kappa shape index (κ2) is 3.65. The van der Waals surface area contributed by atoms with E-state index in [1.807, 2.05) is 0 Å². The van der Waals surface area contributed by atoms with Crippen LogP contribution in [-0.4, -0.2) is 11.7 Å². The lowest BCUT2D eigenvalue weighted by Gasteiger charge is -2.11. The van der Waals surface area contributed by atoms with E-state index in [4.69, 9.17) is 10.8 Å². The van der Waals surface area contributed by atoms with Crippen molar-refractivity contribution in [2.75, 3.05) is 6.61 Å². The molecule has 0 spiro atoms. The first kappa shape index (κ1) is 9.16. The third kappa shape index (κ3) is 1.81. The number of aliphatic hydroxyl groups excluding tert-OH is 1. The molecule has 0 fully saturated rings. The van der Waals surface area contributed by atoms with Crippen molar-refractivity contribution in [3.8, 4) is 0 Å². The van der Waals surface area contributed by atoms with Crippen molar-refractivity contribution in [3.63, 3.8) is 0 Å². The summed E-state index contributed by atoms with van der Waals surface area (Å²) in [5.41, 5.74) is 7.14. The van der Waals surface area contributed by atoms with Crippen molar-refractivity contribution in [3.05, 3.63) is 35.1 Å². The Hall–Kier alpha value is -0.930. The van der Waals surface area contributed by atoms with Crippen LogP contribution in [0, 0.1) is 12.7 Å². The zero-order valence-corrected chi connectivity index (χ0v) is 6.92. The predicted molar refractivity (Wildman–Crippen MR) is 45.2 cm³/mol. The molecule has 0 aliphatic carbocycles. The summed E-state index contributed by atoms with van der Waals surface area (Å²) in [5, 5.41) is 8.76. The van der Waals surface area contributed by atoms with Crippen LogP contribution in [0.15, 0.2) is 18.2 Å². The average Bonchev–Trinajstić information content (AvgIpc) is 2.03. The van der Waals surface area contributed by atoms with Crippen molar-refractivity contribution in [1.82, 2.24) is 0 Å². The van der Waals surface area contributed by atoms with E-state index >= 15 is 0 Å². The van der Waals surface area contributed by atoms with Crippen LogP contribution in [0.25, 0.3) is 0 Å². The monoisotopic (exact) mass is 169 g/mol. The molecule has 0 aliphatic heterocycles. The molecule has 1 atom stereocenters.